The third-order valence-electron chi connectivity index (χ3n) is 3.33. The van der Waals surface area contributed by atoms with Gasteiger partial charge in [-0.05, 0) is 25.1 Å². The van der Waals surface area contributed by atoms with Gasteiger partial charge in [-0.2, -0.15) is 0 Å². The van der Waals surface area contributed by atoms with Crippen LogP contribution in [-0.2, 0) is 8.85 Å². The molecule has 2 nitrogen and oxygen atoms in total. The Labute approximate surface area is 131 Å². The fraction of sp³-hybridized carbons (Fsp3) is 0.556. The summed E-state index contributed by atoms with van der Waals surface area (Å²) in [5, 5.41) is 0. The lowest BCUT2D eigenvalue weighted by molar-refractivity contribution is 0.191. The largest absolute Gasteiger partial charge is 0.395 e. The van der Waals surface area contributed by atoms with E-state index in [0.29, 0.717) is 6.61 Å². The van der Waals surface area contributed by atoms with E-state index >= 15 is 0 Å². The number of benzene rings is 1. The summed E-state index contributed by atoms with van der Waals surface area (Å²) < 4.78 is 11.9. The van der Waals surface area contributed by atoms with Gasteiger partial charge in [0.15, 0.2) is 0 Å². The van der Waals surface area contributed by atoms with Crippen molar-refractivity contribution in [1.82, 2.24) is 0 Å². The standard InChI is InChI=1S/C18H30O2Si/c1-4-5-6-7-11-16-19-21(2,3)20-17-12-15-18-13-9-8-10-14-18/h8-10,12-15H,4-7,11,16-17H2,1-3H3/b15-12+. The molecule has 0 radical (unpaired) electrons. The van der Waals surface area contributed by atoms with Crippen LogP contribution in [-0.4, -0.2) is 21.8 Å². The van der Waals surface area contributed by atoms with Crippen molar-refractivity contribution in [1.29, 1.82) is 0 Å². The maximum absolute atomic E-state index is 5.94. The minimum Gasteiger partial charge on any atom is -0.395 e. The van der Waals surface area contributed by atoms with E-state index in [0.717, 1.165) is 13.0 Å². The van der Waals surface area contributed by atoms with E-state index in [-0.39, 0.29) is 0 Å². The monoisotopic (exact) mass is 306 g/mol. The minimum absolute atomic E-state index is 0.629. The first-order valence-corrected chi connectivity index (χ1v) is 11.0. The molecule has 0 saturated carbocycles. The second-order valence-electron chi connectivity index (χ2n) is 5.79. The van der Waals surface area contributed by atoms with Crippen LogP contribution < -0.4 is 0 Å². The molecule has 0 aliphatic carbocycles. The van der Waals surface area contributed by atoms with Crippen LogP contribution in [0, 0.1) is 0 Å². The van der Waals surface area contributed by atoms with Crippen molar-refractivity contribution in [2.24, 2.45) is 0 Å². The van der Waals surface area contributed by atoms with Gasteiger partial charge in [0.1, 0.15) is 0 Å². The maximum Gasteiger partial charge on any atom is 0.331 e. The van der Waals surface area contributed by atoms with Crippen LogP contribution >= 0.6 is 0 Å². The summed E-state index contributed by atoms with van der Waals surface area (Å²) in [6, 6.07) is 10.3. The lowest BCUT2D eigenvalue weighted by Gasteiger charge is -2.22. The molecule has 0 spiro atoms. The Morgan fingerprint density at radius 1 is 0.952 bits per heavy atom. The molecule has 0 fully saturated rings. The maximum atomic E-state index is 5.94. The summed E-state index contributed by atoms with van der Waals surface area (Å²) in [6.45, 7) is 7.95. The van der Waals surface area contributed by atoms with Crippen molar-refractivity contribution in [3.8, 4) is 0 Å². The van der Waals surface area contributed by atoms with Crippen LogP contribution in [0.4, 0.5) is 0 Å². The molecule has 0 aliphatic heterocycles. The van der Waals surface area contributed by atoms with Gasteiger partial charge in [0.2, 0.25) is 0 Å². The van der Waals surface area contributed by atoms with Crippen LogP contribution in [0.25, 0.3) is 6.08 Å². The van der Waals surface area contributed by atoms with Crippen molar-refractivity contribution < 1.29 is 8.85 Å². The summed E-state index contributed by atoms with van der Waals surface area (Å²) in [5.74, 6) is 0. The van der Waals surface area contributed by atoms with E-state index in [1.165, 1.54) is 31.2 Å². The van der Waals surface area contributed by atoms with Crippen LogP contribution in [0.1, 0.15) is 44.6 Å². The molecular formula is C18H30O2Si. The van der Waals surface area contributed by atoms with E-state index in [9.17, 15) is 0 Å². The zero-order valence-electron chi connectivity index (χ0n) is 13.8. The molecule has 118 valence electrons. The summed E-state index contributed by atoms with van der Waals surface area (Å²) >= 11 is 0. The number of rotatable bonds is 11. The Kier molecular flexibility index (Phi) is 9.31. The highest BCUT2D eigenvalue weighted by Crippen LogP contribution is 2.10. The molecule has 0 atom stereocenters. The van der Waals surface area contributed by atoms with Gasteiger partial charge < -0.3 is 8.85 Å². The molecular weight excluding hydrogens is 276 g/mol. The first-order chi connectivity index (χ1) is 10.1. The van der Waals surface area contributed by atoms with Gasteiger partial charge in [-0.3, -0.25) is 0 Å². The molecule has 0 N–H and O–H groups in total. The normalized spacial score (nSPS) is 12.1. The highest BCUT2D eigenvalue weighted by Gasteiger charge is 2.23. The molecule has 1 aromatic rings. The Morgan fingerprint density at radius 3 is 2.38 bits per heavy atom. The highest BCUT2D eigenvalue weighted by atomic mass is 28.4. The molecule has 1 aromatic carbocycles. The summed E-state index contributed by atoms with van der Waals surface area (Å²) in [4.78, 5) is 0. The first-order valence-electron chi connectivity index (χ1n) is 8.13. The van der Waals surface area contributed by atoms with Crippen LogP contribution in [0.3, 0.4) is 0 Å². The van der Waals surface area contributed by atoms with Gasteiger partial charge in [-0.15, -0.1) is 0 Å². The van der Waals surface area contributed by atoms with Crippen LogP contribution in [0.15, 0.2) is 36.4 Å². The van der Waals surface area contributed by atoms with Crippen molar-refractivity contribution in [2.45, 2.75) is 52.1 Å². The third kappa shape index (κ3) is 9.61. The van der Waals surface area contributed by atoms with E-state index in [4.69, 9.17) is 8.85 Å². The van der Waals surface area contributed by atoms with Gasteiger partial charge in [0, 0.05) is 6.61 Å². The predicted octanol–water partition coefficient (Wildman–Crippen LogP) is 5.41. The summed E-state index contributed by atoms with van der Waals surface area (Å²) in [6.07, 6.45) is 10.5. The molecule has 0 unspecified atom stereocenters. The third-order valence-corrected chi connectivity index (χ3v) is 5.10. The number of unbranched alkanes of at least 4 members (excludes halogenated alkanes) is 4. The van der Waals surface area contributed by atoms with Gasteiger partial charge in [-0.25, -0.2) is 0 Å². The van der Waals surface area contributed by atoms with Crippen molar-refractivity contribution in [2.75, 3.05) is 13.2 Å². The first kappa shape index (κ1) is 18.1. The van der Waals surface area contributed by atoms with Crippen LogP contribution in [0.2, 0.25) is 13.1 Å². The Hall–Kier alpha value is -0.903. The summed E-state index contributed by atoms with van der Waals surface area (Å²) in [7, 11) is -1.96. The lowest BCUT2D eigenvalue weighted by atomic mass is 10.2. The number of hydrogen-bond donors (Lipinski definition) is 0. The molecule has 3 heteroatoms. The average Bonchev–Trinajstić information content (AvgIpc) is 2.48. The average molecular weight is 307 g/mol. The summed E-state index contributed by atoms with van der Waals surface area (Å²) in [5.41, 5.74) is 1.21. The molecule has 0 amide bonds. The van der Waals surface area contributed by atoms with E-state index in [1.807, 2.05) is 18.2 Å². The molecule has 0 aromatic heterocycles. The quantitative estimate of drug-likeness (QED) is 0.402. The highest BCUT2D eigenvalue weighted by molar-refractivity contribution is 6.64. The molecule has 0 bridgehead atoms. The number of hydrogen-bond acceptors (Lipinski definition) is 2. The van der Waals surface area contributed by atoms with Gasteiger partial charge >= 0.3 is 8.56 Å². The van der Waals surface area contributed by atoms with Crippen molar-refractivity contribution in [3.05, 3.63) is 42.0 Å². The fourth-order valence-electron chi connectivity index (χ4n) is 2.06. The molecule has 21 heavy (non-hydrogen) atoms. The van der Waals surface area contributed by atoms with Crippen LogP contribution in [0.5, 0.6) is 0 Å². The Morgan fingerprint density at radius 2 is 1.67 bits per heavy atom. The van der Waals surface area contributed by atoms with Gasteiger partial charge in [0.25, 0.3) is 0 Å². The van der Waals surface area contributed by atoms with Crippen molar-refractivity contribution in [3.63, 3.8) is 0 Å². The van der Waals surface area contributed by atoms with E-state index in [2.05, 4.69) is 44.3 Å². The smallest absolute Gasteiger partial charge is 0.331 e. The topological polar surface area (TPSA) is 18.5 Å². The zero-order valence-corrected chi connectivity index (χ0v) is 14.8. The lowest BCUT2D eigenvalue weighted by Crippen LogP contribution is -2.35. The van der Waals surface area contributed by atoms with E-state index in [1.54, 1.807) is 0 Å². The van der Waals surface area contributed by atoms with E-state index < -0.39 is 8.56 Å². The molecule has 1 rings (SSSR count). The SMILES string of the molecule is CCCCCCCO[Si](C)(C)OC/C=C/c1ccccc1. The predicted molar refractivity (Wildman–Crippen MR) is 93.6 cm³/mol. The second kappa shape index (κ2) is 10.8. The fourth-order valence-corrected chi connectivity index (χ4v) is 3.28. The molecule has 0 heterocycles. The van der Waals surface area contributed by atoms with Gasteiger partial charge in [-0.1, -0.05) is 75.1 Å². The minimum atomic E-state index is -1.96. The Balaban J connectivity index is 2.13. The van der Waals surface area contributed by atoms with Gasteiger partial charge in [0.05, 0.1) is 6.61 Å². The molecule has 0 saturated heterocycles. The molecule has 0 aliphatic rings. The van der Waals surface area contributed by atoms with Crippen molar-refractivity contribution >= 4 is 14.6 Å². The zero-order chi connectivity index (χ0) is 15.4. The Bertz CT molecular complexity index is 387. The second-order valence-corrected chi connectivity index (χ2v) is 9.16.